The second kappa shape index (κ2) is 40.1. The molecule has 0 spiro atoms. The van der Waals surface area contributed by atoms with Gasteiger partial charge in [0, 0.05) is 67.9 Å². The van der Waals surface area contributed by atoms with E-state index >= 15 is 4.79 Å². The predicted octanol–water partition coefficient (Wildman–Crippen LogP) is 4.75. The van der Waals surface area contributed by atoms with E-state index in [4.69, 9.17) is 9.47 Å². The molecule has 0 unspecified atom stereocenters. The molecule has 0 bridgehead atoms. The van der Waals surface area contributed by atoms with Crippen molar-refractivity contribution in [1.82, 2.24) is 60.9 Å². The Hall–Kier alpha value is -6.65. The maximum absolute atomic E-state index is 15.1. The van der Waals surface area contributed by atoms with E-state index in [0.717, 1.165) is 24.5 Å². The third-order valence-electron chi connectivity index (χ3n) is 18.4. The number of hydrogen-bond acceptors (Lipinski definition) is 14. The summed E-state index contributed by atoms with van der Waals surface area (Å²) in [6, 6.07) is -8.89. The van der Waals surface area contributed by atoms with Gasteiger partial charge < -0.3 is 70.4 Å². The van der Waals surface area contributed by atoms with Crippen LogP contribution in [0, 0.1) is 41.4 Å². The third kappa shape index (κ3) is 29.5. The molecule has 1 heterocycles. The molecule has 0 aromatic carbocycles. The Bertz CT molecular complexity index is 2720. The molecule has 1 saturated carbocycles. The minimum Gasteiger partial charge on any atom is -0.379 e. The largest absolute Gasteiger partial charge is 0.391 e. The molecule has 2 fully saturated rings. The van der Waals surface area contributed by atoms with Gasteiger partial charge in [0.1, 0.15) is 48.4 Å². The minimum absolute atomic E-state index is 0.0379. The maximum atomic E-state index is 15.1. The van der Waals surface area contributed by atoms with Crippen LogP contribution in [0.15, 0.2) is 0 Å². The van der Waals surface area contributed by atoms with Gasteiger partial charge in [0.25, 0.3) is 0 Å². The number of hydrogen-bond donors (Lipinski definition) is 5. The molecule has 8 atom stereocenters. The summed E-state index contributed by atoms with van der Waals surface area (Å²) in [5.74, 6) is -11.2. The number of carbonyl (C=O) groups excluding carboxylic acids is 12. The van der Waals surface area contributed by atoms with E-state index in [1.165, 1.54) is 73.0 Å². The van der Waals surface area contributed by atoms with Gasteiger partial charge in [-0.2, -0.15) is 13.2 Å². The van der Waals surface area contributed by atoms with Crippen LogP contribution >= 0.6 is 0 Å². The molecule has 1 aliphatic heterocycles. The van der Waals surface area contributed by atoms with Crippen molar-refractivity contribution in [2.24, 2.45) is 41.4 Å². The molecule has 26 nitrogen and oxygen atoms in total. The zero-order valence-corrected chi connectivity index (χ0v) is 63.5. The van der Waals surface area contributed by atoms with Crippen LogP contribution in [-0.4, -0.2) is 260 Å². The van der Waals surface area contributed by atoms with Crippen molar-refractivity contribution < 1.29 is 80.2 Å². The van der Waals surface area contributed by atoms with E-state index in [9.17, 15) is 65.9 Å². The van der Waals surface area contributed by atoms with Crippen LogP contribution < -0.4 is 26.6 Å². The van der Waals surface area contributed by atoms with E-state index in [-0.39, 0.29) is 101 Å². The smallest absolute Gasteiger partial charge is 0.379 e. The molecule has 2 aliphatic rings. The van der Waals surface area contributed by atoms with Crippen molar-refractivity contribution in [3.63, 3.8) is 0 Å². The number of ether oxygens (including phenoxy) is 2. The number of nitrogens with one attached hydrogen (secondary N) is 5. The van der Waals surface area contributed by atoms with Gasteiger partial charge in [-0.1, -0.05) is 75.7 Å². The fraction of sp³-hybridized carbons (Fsp3) is 0.829. The molecule has 0 radical (unpaired) electrons. The highest BCUT2D eigenvalue weighted by atomic mass is 19.4. The summed E-state index contributed by atoms with van der Waals surface area (Å²) in [5, 5.41) is 14.1. The van der Waals surface area contributed by atoms with Crippen LogP contribution in [0.25, 0.3) is 0 Å². The van der Waals surface area contributed by atoms with Crippen LogP contribution in [0.3, 0.4) is 0 Å². The molecule has 2 rings (SSSR count). The van der Waals surface area contributed by atoms with Crippen molar-refractivity contribution in [2.45, 2.75) is 240 Å². The van der Waals surface area contributed by atoms with Crippen molar-refractivity contribution in [3.05, 3.63) is 0 Å². The van der Waals surface area contributed by atoms with E-state index in [1.807, 2.05) is 62.3 Å². The van der Waals surface area contributed by atoms with Crippen LogP contribution in [0.1, 0.15) is 181 Å². The molecule has 568 valence electrons. The second-order valence-corrected chi connectivity index (χ2v) is 30.9. The van der Waals surface area contributed by atoms with Crippen molar-refractivity contribution in [3.8, 4) is 0 Å². The summed E-state index contributed by atoms with van der Waals surface area (Å²) in [5.41, 5.74) is -2.42. The monoisotopic (exact) mass is 1410 g/mol. The fourth-order valence-corrected chi connectivity index (χ4v) is 12.1. The first-order valence-corrected chi connectivity index (χ1v) is 35.2. The van der Waals surface area contributed by atoms with Crippen LogP contribution in [0.5, 0.6) is 0 Å². The highest BCUT2D eigenvalue weighted by Gasteiger charge is 2.45. The number of rotatable bonds is 20. The Morgan fingerprint density at radius 3 is 1.59 bits per heavy atom. The summed E-state index contributed by atoms with van der Waals surface area (Å²) in [4.78, 5) is 182. The highest BCUT2D eigenvalue weighted by Crippen LogP contribution is 2.41. The molecule has 12 amide bonds. The van der Waals surface area contributed by atoms with Crippen LogP contribution in [-0.2, 0) is 67.0 Å². The first-order valence-electron chi connectivity index (χ1n) is 35.2. The lowest BCUT2D eigenvalue weighted by Gasteiger charge is -2.38. The SMILES string of the molecule is CC[C@H](C)[C@@H]1NC(=O)[C@H](CC(C)C)N(C)C(=O)C[C@@H](COCC(=O)NC(C)(C)C)NC(=O)[C@H](CC(C)C)N(C)C(=O)C(C)(C)NC(=O)[C@H](CC(C)C)N(C)C(=O)[C@H](CCC2CCC(C(F)(F)F)CC2)NC(=O)CN(C)C(=O)[C@H](COCCC(C)C)N(C)C(=O)CN(C)C(=O)CN(C)C1=O. The highest BCUT2D eigenvalue weighted by molar-refractivity contribution is 5.99. The van der Waals surface area contributed by atoms with Gasteiger partial charge in [-0.3, -0.25) is 57.5 Å². The lowest BCUT2D eigenvalue weighted by atomic mass is 9.79. The summed E-state index contributed by atoms with van der Waals surface area (Å²) in [6.45, 7) is 23.8. The number of nitrogens with zero attached hydrogens (tertiary/aromatic N) is 7. The molecule has 0 aromatic rings. The maximum Gasteiger partial charge on any atom is 0.391 e. The molecule has 1 saturated heterocycles. The van der Waals surface area contributed by atoms with Gasteiger partial charge in [0.05, 0.1) is 44.8 Å². The number of likely N-dealkylation sites (N-methyl/N-ethyl adjacent to an activating group) is 7. The standard InChI is InChI=1S/C70H123F3N12O14/c1-23-46(10)60-66(96)81(18)37-58(89)79(16)38-59(90)83(20)54(40-98-31-30-42(2)3)65(95)80(17)36-55(86)75-50(29-26-47-24-27-48(28-25-47)70(71,72)73)64(94)84(21)53(34-45(8)9)63(93)78-69(14,15)67(97)85(22)52(33-44(6)7)61(91)74-49(39-99-41-56(87)77-68(11,12)13)35-57(88)82(19)51(32-43(4)5)62(92)76-60/h42-54,60H,23-41H2,1-22H3,(H,74,91)(H,75,86)(H,76,92)(H,77,87)(H,78,93)/t46-,47?,48?,49-,50-,51-,52-,53-,54-,60-/m0/s1. The van der Waals surface area contributed by atoms with Crippen LogP contribution in [0.2, 0.25) is 0 Å². The van der Waals surface area contributed by atoms with Crippen LogP contribution in [0.4, 0.5) is 13.2 Å². The van der Waals surface area contributed by atoms with Crippen molar-refractivity contribution >= 4 is 70.9 Å². The van der Waals surface area contributed by atoms with Gasteiger partial charge in [-0.25, -0.2) is 0 Å². The lowest BCUT2D eigenvalue weighted by molar-refractivity contribution is -0.184. The second-order valence-electron chi connectivity index (χ2n) is 30.9. The van der Waals surface area contributed by atoms with E-state index in [1.54, 1.807) is 27.7 Å². The topological polar surface area (TPSA) is 306 Å². The Morgan fingerprint density at radius 2 is 1.07 bits per heavy atom. The Labute approximate surface area is 587 Å². The molecule has 99 heavy (non-hydrogen) atoms. The number of halogens is 3. The summed E-state index contributed by atoms with van der Waals surface area (Å²) >= 11 is 0. The summed E-state index contributed by atoms with van der Waals surface area (Å²) < 4.78 is 53.2. The summed E-state index contributed by atoms with van der Waals surface area (Å²) in [7, 11) is 9.50. The Balaban J connectivity index is 2.95. The van der Waals surface area contributed by atoms with Gasteiger partial charge in [-0.05, 0) is 134 Å². The average molecular weight is 1410 g/mol. The average Bonchev–Trinajstić information content (AvgIpc) is 0.828. The number of alkyl halides is 3. The Morgan fingerprint density at radius 1 is 0.566 bits per heavy atom. The summed E-state index contributed by atoms with van der Waals surface area (Å²) in [6.07, 6.45) is -3.35. The first kappa shape index (κ1) is 88.4. The van der Waals surface area contributed by atoms with Gasteiger partial charge in [-0.15, -0.1) is 0 Å². The van der Waals surface area contributed by atoms with Crippen molar-refractivity contribution in [2.75, 3.05) is 95.4 Å². The van der Waals surface area contributed by atoms with E-state index in [0.29, 0.717) is 12.8 Å². The number of amides is 12. The molecule has 29 heteroatoms. The van der Waals surface area contributed by atoms with Gasteiger partial charge in [0.2, 0.25) is 70.9 Å². The van der Waals surface area contributed by atoms with Gasteiger partial charge in [0.15, 0.2) is 0 Å². The number of carbonyl (C=O) groups is 12. The third-order valence-corrected chi connectivity index (χ3v) is 18.4. The lowest BCUT2D eigenvalue weighted by Crippen LogP contribution is -2.63. The molecule has 1 aliphatic carbocycles. The first-order chi connectivity index (χ1) is 45.6. The fourth-order valence-electron chi connectivity index (χ4n) is 12.1. The molecule has 0 aromatic heterocycles. The molecule has 5 N–H and O–H groups in total. The van der Waals surface area contributed by atoms with E-state index in [2.05, 4.69) is 26.6 Å². The van der Waals surface area contributed by atoms with E-state index < -0.39 is 182 Å². The Kier molecular flexibility index (Phi) is 35.8. The minimum atomic E-state index is -4.37. The van der Waals surface area contributed by atoms with Crippen molar-refractivity contribution in [1.29, 1.82) is 0 Å². The van der Waals surface area contributed by atoms with Gasteiger partial charge >= 0.3 is 6.18 Å². The molecular weight excluding hydrogens is 1290 g/mol. The molecular formula is C70H123F3N12O14. The normalized spacial score (nSPS) is 25.4. The zero-order valence-electron chi connectivity index (χ0n) is 63.5. The zero-order chi connectivity index (χ0) is 75.9. The quantitative estimate of drug-likeness (QED) is 0.103. The predicted molar refractivity (Wildman–Crippen MR) is 369 cm³/mol.